The monoisotopic (exact) mass is 388 g/mol. The highest BCUT2D eigenvalue weighted by atomic mass is 32.1. The second-order valence-corrected chi connectivity index (χ2v) is 8.14. The zero-order valence-corrected chi connectivity index (χ0v) is 16.7. The maximum Gasteiger partial charge on any atom is 0.254 e. The van der Waals surface area contributed by atoms with Gasteiger partial charge in [-0.15, -0.1) is 11.3 Å². The zero-order chi connectivity index (χ0) is 19.2. The normalized spacial score (nSPS) is 13.4. The summed E-state index contributed by atoms with van der Waals surface area (Å²) in [5.74, 6) is 0.00976. The van der Waals surface area contributed by atoms with Crippen molar-refractivity contribution in [1.29, 1.82) is 0 Å². The van der Waals surface area contributed by atoms with Gasteiger partial charge in [0.1, 0.15) is 5.00 Å². The Labute approximate surface area is 170 Å². The first-order valence-electron chi connectivity index (χ1n) is 9.87. The maximum absolute atomic E-state index is 13.0. The van der Waals surface area contributed by atoms with Gasteiger partial charge in [0.2, 0.25) is 0 Å². The molecular weight excluding hydrogens is 364 g/mol. The predicted octanol–water partition coefficient (Wildman–Crippen LogP) is 5.35. The fourth-order valence-corrected chi connectivity index (χ4v) is 4.83. The van der Waals surface area contributed by atoms with Gasteiger partial charge in [-0.1, -0.05) is 60.7 Å². The zero-order valence-electron chi connectivity index (χ0n) is 15.9. The van der Waals surface area contributed by atoms with Gasteiger partial charge < -0.3 is 5.32 Å². The Morgan fingerprint density at radius 3 is 2.50 bits per heavy atom. The van der Waals surface area contributed by atoms with Crippen LogP contribution in [0.3, 0.4) is 0 Å². The second kappa shape index (κ2) is 8.98. The van der Waals surface area contributed by atoms with Crippen LogP contribution in [0.2, 0.25) is 0 Å². The number of thiophene rings is 1. The number of nitrogens with zero attached hydrogens (tertiary/aromatic N) is 1. The van der Waals surface area contributed by atoms with Gasteiger partial charge in [-0.2, -0.15) is 0 Å². The summed E-state index contributed by atoms with van der Waals surface area (Å²) >= 11 is 1.68. The van der Waals surface area contributed by atoms with E-state index in [4.69, 9.17) is 4.99 Å². The minimum Gasteiger partial charge on any atom is -0.352 e. The molecule has 0 bridgehead atoms. The summed E-state index contributed by atoms with van der Waals surface area (Å²) in [6.45, 7) is 0.634. The first-order valence-corrected chi connectivity index (χ1v) is 10.7. The molecule has 0 unspecified atom stereocenters. The summed E-state index contributed by atoms with van der Waals surface area (Å²) in [5.41, 5.74) is 4.29. The van der Waals surface area contributed by atoms with E-state index in [0.717, 1.165) is 41.8 Å². The number of hydrogen-bond acceptors (Lipinski definition) is 3. The largest absolute Gasteiger partial charge is 0.352 e. The molecule has 142 valence electrons. The van der Waals surface area contributed by atoms with Crippen molar-refractivity contribution in [1.82, 2.24) is 5.32 Å². The molecule has 0 aliphatic heterocycles. The smallest absolute Gasteiger partial charge is 0.254 e. The second-order valence-electron chi connectivity index (χ2n) is 7.05. The summed E-state index contributed by atoms with van der Waals surface area (Å²) < 4.78 is 0. The summed E-state index contributed by atoms with van der Waals surface area (Å²) in [6.07, 6.45) is 7.08. The predicted molar refractivity (Wildman–Crippen MR) is 117 cm³/mol. The SMILES string of the molecule is O=C(NCCc1ccccc1)c1c(/N=C/c2ccccc2)sc2c1CCCC2. The standard InChI is InChI=1S/C24H24N2OS/c27-23(25-16-15-18-9-3-1-4-10-18)22-20-13-7-8-14-21(20)28-24(22)26-17-19-11-5-2-6-12-19/h1-6,9-12,17H,7-8,13-16H2,(H,25,27)/b26-17+. The van der Waals surface area contributed by atoms with Gasteiger partial charge in [-0.3, -0.25) is 4.79 Å². The first-order chi connectivity index (χ1) is 13.8. The molecule has 4 rings (SSSR count). The first kappa shape index (κ1) is 18.6. The summed E-state index contributed by atoms with van der Waals surface area (Å²) in [7, 11) is 0. The van der Waals surface area contributed by atoms with Crippen molar-refractivity contribution >= 4 is 28.5 Å². The number of aryl methyl sites for hydroxylation is 1. The quantitative estimate of drug-likeness (QED) is 0.568. The van der Waals surface area contributed by atoms with Gasteiger partial charge in [0.25, 0.3) is 5.91 Å². The van der Waals surface area contributed by atoms with Crippen molar-refractivity contribution < 1.29 is 4.79 Å². The molecule has 1 aromatic heterocycles. The fraction of sp³-hybridized carbons (Fsp3) is 0.250. The van der Waals surface area contributed by atoms with Crippen LogP contribution < -0.4 is 5.32 Å². The van der Waals surface area contributed by atoms with Gasteiger partial charge in [0, 0.05) is 17.6 Å². The van der Waals surface area contributed by atoms with E-state index in [-0.39, 0.29) is 5.91 Å². The van der Waals surface area contributed by atoms with Gasteiger partial charge in [0.05, 0.1) is 5.56 Å². The molecule has 0 radical (unpaired) electrons. The maximum atomic E-state index is 13.0. The van der Waals surface area contributed by atoms with E-state index < -0.39 is 0 Å². The highest BCUT2D eigenvalue weighted by Crippen LogP contribution is 2.39. The van der Waals surface area contributed by atoms with Crippen LogP contribution in [0.15, 0.2) is 65.7 Å². The Hall–Kier alpha value is -2.72. The fourth-order valence-electron chi connectivity index (χ4n) is 3.60. The van der Waals surface area contributed by atoms with Gasteiger partial charge in [-0.05, 0) is 48.8 Å². The molecule has 0 fully saturated rings. The lowest BCUT2D eigenvalue weighted by atomic mass is 9.95. The topological polar surface area (TPSA) is 41.5 Å². The summed E-state index contributed by atoms with van der Waals surface area (Å²) in [6, 6.07) is 20.3. The number of fused-ring (bicyclic) bond motifs is 1. The minimum atomic E-state index is 0.00976. The van der Waals surface area contributed by atoms with Crippen LogP contribution in [0.25, 0.3) is 0 Å². The molecule has 1 aliphatic rings. The van der Waals surface area contributed by atoms with E-state index >= 15 is 0 Å². The highest BCUT2D eigenvalue weighted by molar-refractivity contribution is 7.16. The number of aliphatic imine (C=N–C) groups is 1. The van der Waals surface area contributed by atoms with Crippen LogP contribution in [0.5, 0.6) is 0 Å². The number of carbonyl (C=O) groups excluding carboxylic acids is 1. The average Bonchev–Trinajstić information content (AvgIpc) is 3.12. The Morgan fingerprint density at radius 1 is 1.00 bits per heavy atom. The van der Waals surface area contributed by atoms with E-state index in [0.29, 0.717) is 6.54 Å². The third-order valence-electron chi connectivity index (χ3n) is 5.05. The molecule has 3 nitrogen and oxygen atoms in total. The third-order valence-corrected chi connectivity index (χ3v) is 6.25. The highest BCUT2D eigenvalue weighted by Gasteiger charge is 2.24. The van der Waals surface area contributed by atoms with Crippen molar-refractivity contribution in [2.45, 2.75) is 32.1 Å². The van der Waals surface area contributed by atoms with Crippen LogP contribution in [0.1, 0.15) is 44.8 Å². The van der Waals surface area contributed by atoms with Crippen molar-refractivity contribution in [3.8, 4) is 0 Å². The van der Waals surface area contributed by atoms with Crippen molar-refractivity contribution in [2.75, 3.05) is 6.54 Å². The van der Waals surface area contributed by atoms with E-state index in [2.05, 4.69) is 17.4 Å². The minimum absolute atomic E-state index is 0.00976. The van der Waals surface area contributed by atoms with Crippen LogP contribution in [0.4, 0.5) is 5.00 Å². The number of nitrogens with one attached hydrogen (secondary N) is 1. The van der Waals surface area contributed by atoms with E-state index in [1.807, 2.05) is 54.7 Å². The van der Waals surface area contributed by atoms with Crippen LogP contribution >= 0.6 is 11.3 Å². The molecule has 2 aromatic carbocycles. The molecule has 0 saturated carbocycles. The Morgan fingerprint density at radius 2 is 1.71 bits per heavy atom. The summed E-state index contributed by atoms with van der Waals surface area (Å²) in [4.78, 5) is 19.1. The molecule has 0 spiro atoms. The van der Waals surface area contributed by atoms with Gasteiger partial charge in [0.15, 0.2) is 0 Å². The molecule has 1 heterocycles. The Kier molecular flexibility index (Phi) is 5.98. The lowest BCUT2D eigenvalue weighted by Crippen LogP contribution is -2.26. The van der Waals surface area contributed by atoms with E-state index in [1.165, 1.54) is 22.4 Å². The molecule has 1 amide bonds. The molecule has 0 saturated heterocycles. The molecular formula is C24H24N2OS. The molecule has 28 heavy (non-hydrogen) atoms. The van der Waals surface area contributed by atoms with Crippen molar-refractivity contribution in [2.24, 2.45) is 4.99 Å². The van der Waals surface area contributed by atoms with Gasteiger partial charge >= 0.3 is 0 Å². The van der Waals surface area contributed by atoms with Crippen LogP contribution in [0, 0.1) is 0 Å². The van der Waals surface area contributed by atoms with E-state index in [1.54, 1.807) is 11.3 Å². The van der Waals surface area contributed by atoms with Crippen LogP contribution in [-0.2, 0) is 19.3 Å². The number of hydrogen-bond donors (Lipinski definition) is 1. The molecule has 3 aromatic rings. The molecule has 1 aliphatic carbocycles. The number of amides is 1. The molecule has 4 heteroatoms. The van der Waals surface area contributed by atoms with Crippen molar-refractivity contribution in [3.05, 3.63) is 87.8 Å². The number of rotatable bonds is 6. The number of carbonyl (C=O) groups is 1. The lowest BCUT2D eigenvalue weighted by Gasteiger charge is -2.12. The number of benzene rings is 2. The molecule has 0 atom stereocenters. The van der Waals surface area contributed by atoms with Crippen molar-refractivity contribution in [3.63, 3.8) is 0 Å². The average molecular weight is 389 g/mol. The van der Waals surface area contributed by atoms with Crippen LogP contribution in [-0.4, -0.2) is 18.7 Å². The lowest BCUT2D eigenvalue weighted by molar-refractivity contribution is 0.0954. The van der Waals surface area contributed by atoms with Gasteiger partial charge in [-0.25, -0.2) is 4.99 Å². The Balaban J connectivity index is 1.53. The Bertz CT molecular complexity index is 961. The summed E-state index contributed by atoms with van der Waals surface area (Å²) in [5, 5.41) is 3.96. The molecule has 1 N–H and O–H groups in total. The van der Waals surface area contributed by atoms with E-state index in [9.17, 15) is 4.79 Å². The third kappa shape index (κ3) is 4.39.